The highest BCUT2D eigenvalue weighted by atomic mass is 14.9. The second kappa shape index (κ2) is 5.50. The summed E-state index contributed by atoms with van der Waals surface area (Å²) in [5.41, 5.74) is 6.55. The summed E-state index contributed by atoms with van der Waals surface area (Å²) in [6, 6.07) is 0.716. The predicted octanol–water partition coefficient (Wildman–Crippen LogP) is 2.67. The van der Waals surface area contributed by atoms with Crippen molar-refractivity contribution in [1.82, 2.24) is 5.32 Å². The predicted molar refractivity (Wildman–Crippen MR) is 69.4 cm³/mol. The Morgan fingerprint density at radius 2 is 2.00 bits per heavy atom. The van der Waals surface area contributed by atoms with Gasteiger partial charge in [0.2, 0.25) is 0 Å². The van der Waals surface area contributed by atoms with Gasteiger partial charge in [0.1, 0.15) is 0 Å². The minimum Gasteiger partial charge on any atom is -0.330 e. The van der Waals surface area contributed by atoms with E-state index in [2.05, 4.69) is 12.2 Å². The molecule has 3 N–H and O–H groups in total. The summed E-state index contributed by atoms with van der Waals surface area (Å²) >= 11 is 0. The molecule has 2 fully saturated rings. The lowest BCUT2D eigenvalue weighted by Gasteiger charge is -2.33. The van der Waals surface area contributed by atoms with Crippen molar-refractivity contribution in [2.75, 3.05) is 13.1 Å². The molecule has 2 rings (SSSR count). The molecule has 2 aliphatic carbocycles. The average molecular weight is 224 g/mol. The summed E-state index contributed by atoms with van der Waals surface area (Å²) in [4.78, 5) is 0. The molecule has 0 aromatic carbocycles. The van der Waals surface area contributed by atoms with Gasteiger partial charge in [-0.25, -0.2) is 0 Å². The number of nitrogens with one attached hydrogen (secondary N) is 1. The van der Waals surface area contributed by atoms with Crippen molar-refractivity contribution in [3.05, 3.63) is 0 Å². The molecule has 0 radical (unpaired) electrons. The second-order valence-corrected chi connectivity index (χ2v) is 6.02. The molecule has 0 aliphatic heterocycles. The SMILES string of the molecule is CCCC1(CNC2CCCCC2CN)CC1. The van der Waals surface area contributed by atoms with Crippen LogP contribution in [0.25, 0.3) is 0 Å². The van der Waals surface area contributed by atoms with Gasteiger partial charge in [-0.3, -0.25) is 0 Å². The first kappa shape index (κ1) is 12.4. The lowest BCUT2D eigenvalue weighted by molar-refractivity contribution is 0.249. The third-order valence-corrected chi connectivity index (χ3v) is 4.69. The van der Waals surface area contributed by atoms with Gasteiger partial charge in [0.05, 0.1) is 0 Å². The van der Waals surface area contributed by atoms with Crippen molar-refractivity contribution >= 4 is 0 Å². The third kappa shape index (κ3) is 2.98. The van der Waals surface area contributed by atoms with Gasteiger partial charge in [0.25, 0.3) is 0 Å². The van der Waals surface area contributed by atoms with E-state index in [1.54, 1.807) is 0 Å². The number of hydrogen-bond donors (Lipinski definition) is 2. The standard InChI is InChI=1S/C14H28N2/c1-2-7-14(8-9-14)11-16-13-6-4-3-5-12(13)10-15/h12-13,16H,2-11,15H2,1H3. The van der Waals surface area contributed by atoms with Crippen LogP contribution in [0, 0.1) is 11.3 Å². The molecule has 0 amide bonds. The summed E-state index contributed by atoms with van der Waals surface area (Å²) < 4.78 is 0. The maximum Gasteiger partial charge on any atom is 0.0108 e. The Morgan fingerprint density at radius 1 is 1.25 bits per heavy atom. The van der Waals surface area contributed by atoms with Crippen molar-refractivity contribution in [3.8, 4) is 0 Å². The zero-order chi connectivity index (χ0) is 11.4. The molecular weight excluding hydrogens is 196 g/mol. The normalized spacial score (nSPS) is 32.6. The molecule has 0 heterocycles. The first-order valence-corrected chi connectivity index (χ1v) is 7.23. The molecule has 2 saturated carbocycles. The van der Waals surface area contributed by atoms with Crippen LogP contribution in [0.2, 0.25) is 0 Å². The van der Waals surface area contributed by atoms with Crippen molar-refractivity contribution in [2.45, 2.75) is 64.3 Å². The lowest BCUT2D eigenvalue weighted by Crippen LogP contribution is -2.44. The molecule has 0 spiro atoms. The van der Waals surface area contributed by atoms with Crippen LogP contribution >= 0.6 is 0 Å². The van der Waals surface area contributed by atoms with Gasteiger partial charge in [0.15, 0.2) is 0 Å². The first-order chi connectivity index (χ1) is 7.79. The van der Waals surface area contributed by atoms with Gasteiger partial charge in [0, 0.05) is 12.6 Å². The quantitative estimate of drug-likeness (QED) is 0.728. The Hall–Kier alpha value is -0.0800. The molecule has 16 heavy (non-hydrogen) atoms. The van der Waals surface area contributed by atoms with E-state index in [1.165, 1.54) is 57.9 Å². The Kier molecular flexibility index (Phi) is 4.26. The summed E-state index contributed by atoms with van der Waals surface area (Å²) in [6.45, 7) is 4.43. The summed E-state index contributed by atoms with van der Waals surface area (Å²) in [5, 5.41) is 3.83. The topological polar surface area (TPSA) is 38.0 Å². The van der Waals surface area contributed by atoms with E-state index in [-0.39, 0.29) is 0 Å². The molecule has 0 saturated heterocycles. The van der Waals surface area contributed by atoms with Gasteiger partial charge in [-0.2, -0.15) is 0 Å². The summed E-state index contributed by atoms with van der Waals surface area (Å²) in [5.74, 6) is 0.742. The zero-order valence-electron chi connectivity index (χ0n) is 10.8. The highest BCUT2D eigenvalue weighted by molar-refractivity contribution is 4.96. The van der Waals surface area contributed by atoms with Crippen molar-refractivity contribution < 1.29 is 0 Å². The largest absolute Gasteiger partial charge is 0.330 e. The van der Waals surface area contributed by atoms with E-state index in [0.29, 0.717) is 11.5 Å². The number of rotatable bonds is 6. The Balaban J connectivity index is 1.75. The van der Waals surface area contributed by atoms with E-state index in [1.807, 2.05) is 0 Å². The van der Waals surface area contributed by atoms with Crippen LogP contribution in [0.4, 0.5) is 0 Å². The van der Waals surface area contributed by atoms with Crippen LogP contribution in [0.3, 0.4) is 0 Å². The van der Waals surface area contributed by atoms with Crippen molar-refractivity contribution in [1.29, 1.82) is 0 Å². The average Bonchev–Trinajstić information content (AvgIpc) is 3.08. The number of hydrogen-bond acceptors (Lipinski definition) is 2. The summed E-state index contributed by atoms with van der Waals surface area (Å²) in [7, 11) is 0. The highest BCUT2D eigenvalue weighted by Gasteiger charge is 2.41. The van der Waals surface area contributed by atoms with Crippen LogP contribution in [0.1, 0.15) is 58.3 Å². The fourth-order valence-corrected chi connectivity index (χ4v) is 3.33. The van der Waals surface area contributed by atoms with E-state index in [9.17, 15) is 0 Å². The van der Waals surface area contributed by atoms with Gasteiger partial charge < -0.3 is 11.1 Å². The molecule has 2 aliphatic rings. The fourth-order valence-electron chi connectivity index (χ4n) is 3.33. The highest BCUT2D eigenvalue weighted by Crippen LogP contribution is 2.49. The molecule has 94 valence electrons. The van der Waals surface area contributed by atoms with Crippen molar-refractivity contribution in [2.24, 2.45) is 17.1 Å². The molecule has 0 aromatic heterocycles. The van der Waals surface area contributed by atoms with Crippen LogP contribution < -0.4 is 11.1 Å². The number of nitrogens with two attached hydrogens (primary N) is 1. The van der Waals surface area contributed by atoms with Crippen LogP contribution in [0.15, 0.2) is 0 Å². The van der Waals surface area contributed by atoms with Crippen molar-refractivity contribution in [3.63, 3.8) is 0 Å². The van der Waals surface area contributed by atoms with Crippen LogP contribution in [0.5, 0.6) is 0 Å². The van der Waals surface area contributed by atoms with Gasteiger partial charge in [-0.05, 0) is 50.0 Å². The molecule has 0 aromatic rings. The molecule has 2 heteroatoms. The molecule has 0 bridgehead atoms. The Labute approximate surface area is 100 Å². The first-order valence-electron chi connectivity index (χ1n) is 7.23. The fraction of sp³-hybridized carbons (Fsp3) is 1.00. The third-order valence-electron chi connectivity index (χ3n) is 4.69. The maximum absolute atomic E-state index is 5.87. The Morgan fingerprint density at radius 3 is 2.62 bits per heavy atom. The molecule has 2 atom stereocenters. The van der Waals surface area contributed by atoms with Crippen LogP contribution in [-0.2, 0) is 0 Å². The minimum absolute atomic E-state index is 0.686. The molecule has 2 nitrogen and oxygen atoms in total. The zero-order valence-corrected chi connectivity index (χ0v) is 10.8. The van der Waals surface area contributed by atoms with Crippen LogP contribution in [-0.4, -0.2) is 19.1 Å². The smallest absolute Gasteiger partial charge is 0.0108 e. The molecule has 2 unspecified atom stereocenters. The van der Waals surface area contributed by atoms with E-state index < -0.39 is 0 Å². The lowest BCUT2D eigenvalue weighted by atomic mass is 9.84. The minimum atomic E-state index is 0.686. The second-order valence-electron chi connectivity index (χ2n) is 6.02. The molecular formula is C14H28N2. The maximum atomic E-state index is 5.87. The Bertz CT molecular complexity index is 211. The van der Waals surface area contributed by atoms with Gasteiger partial charge in [-0.15, -0.1) is 0 Å². The van der Waals surface area contributed by atoms with E-state index >= 15 is 0 Å². The van der Waals surface area contributed by atoms with E-state index in [4.69, 9.17) is 5.73 Å². The van der Waals surface area contributed by atoms with Gasteiger partial charge in [-0.1, -0.05) is 26.2 Å². The van der Waals surface area contributed by atoms with E-state index in [0.717, 1.165) is 12.5 Å². The summed E-state index contributed by atoms with van der Waals surface area (Å²) in [6.07, 6.45) is 11.1. The van der Waals surface area contributed by atoms with Gasteiger partial charge >= 0.3 is 0 Å². The monoisotopic (exact) mass is 224 g/mol.